The molecule has 1 aliphatic rings. The molecule has 0 unspecified atom stereocenters. The third-order valence-corrected chi connectivity index (χ3v) is 6.17. The van der Waals surface area contributed by atoms with E-state index in [0.29, 0.717) is 37.1 Å². The van der Waals surface area contributed by atoms with Gasteiger partial charge in [-0.15, -0.1) is 0 Å². The second kappa shape index (κ2) is 10.9. The largest absolute Gasteiger partial charge is 0.352 e. The number of benzene rings is 2. The number of carbonyl (C=O) groups excluding carboxylic acids is 3. The Morgan fingerprint density at radius 2 is 1.62 bits per heavy atom. The Labute approximate surface area is 190 Å². The standard InChI is InChI=1S/C26H33N3O3/c1-4-19(3)27-25(31)23(28-24(30)22-12-8-9-18(2)17-22)20-13-15-29(16-14-20)26(32)21-10-6-5-7-11-21/h5-12,17,19-20,23H,4,13-16H2,1-3H3,(H,27,31)(H,28,30)/t19-,23+/m1/s1. The van der Waals surface area contributed by atoms with Crippen molar-refractivity contribution in [3.05, 3.63) is 71.3 Å². The molecular formula is C26H33N3O3. The molecule has 2 atom stereocenters. The summed E-state index contributed by atoms with van der Waals surface area (Å²) >= 11 is 0. The van der Waals surface area contributed by atoms with Crippen LogP contribution in [-0.4, -0.2) is 47.8 Å². The molecule has 170 valence electrons. The molecule has 2 N–H and O–H groups in total. The van der Waals surface area contributed by atoms with E-state index in [1.54, 1.807) is 6.07 Å². The van der Waals surface area contributed by atoms with Crippen LogP contribution in [0.5, 0.6) is 0 Å². The van der Waals surface area contributed by atoms with Crippen molar-refractivity contribution in [2.45, 2.75) is 52.1 Å². The summed E-state index contributed by atoms with van der Waals surface area (Å²) in [5.41, 5.74) is 2.21. The van der Waals surface area contributed by atoms with Gasteiger partial charge in [-0.2, -0.15) is 0 Å². The first kappa shape index (κ1) is 23.5. The van der Waals surface area contributed by atoms with Gasteiger partial charge >= 0.3 is 0 Å². The fraction of sp³-hybridized carbons (Fsp3) is 0.423. The van der Waals surface area contributed by atoms with Crippen molar-refractivity contribution in [3.8, 4) is 0 Å². The first-order chi connectivity index (χ1) is 15.4. The number of likely N-dealkylation sites (tertiary alicyclic amines) is 1. The predicted octanol–water partition coefficient (Wildman–Crippen LogP) is 3.56. The molecule has 2 aromatic carbocycles. The van der Waals surface area contributed by atoms with Crippen molar-refractivity contribution in [1.82, 2.24) is 15.5 Å². The summed E-state index contributed by atoms with van der Waals surface area (Å²) in [4.78, 5) is 40.6. The lowest BCUT2D eigenvalue weighted by Gasteiger charge is -2.36. The van der Waals surface area contributed by atoms with Gasteiger partial charge in [-0.05, 0) is 63.3 Å². The van der Waals surface area contributed by atoms with Crippen molar-refractivity contribution in [3.63, 3.8) is 0 Å². The first-order valence-corrected chi connectivity index (χ1v) is 11.4. The van der Waals surface area contributed by atoms with Crippen LogP contribution in [0.4, 0.5) is 0 Å². The average molecular weight is 436 g/mol. The van der Waals surface area contributed by atoms with Crippen LogP contribution in [0.25, 0.3) is 0 Å². The van der Waals surface area contributed by atoms with Crippen molar-refractivity contribution in [2.24, 2.45) is 5.92 Å². The maximum Gasteiger partial charge on any atom is 0.253 e. The average Bonchev–Trinajstić information content (AvgIpc) is 2.82. The van der Waals surface area contributed by atoms with Crippen LogP contribution in [0.1, 0.15) is 59.4 Å². The van der Waals surface area contributed by atoms with Gasteiger partial charge in [0.05, 0.1) is 0 Å². The van der Waals surface area contributed by atoms with E-state index in [4.69, 9.17) is 0 Å². The minimum absolute atomic E-state index is 0.00783. The van der Waals surface area contributed by atoms with Crippen LogP contribution in [0.3, 0.4) is 0 Å². The van der Waals surface area contributed by atoms with E-state index in [-0.39, 0.29) is 29.7 Å². The molecule has 2 aromatic rings. The highest BCUT2D eigenvalue weighted by Gasteiger charge is 2.34. The highest BCUT2D eigenvalue weighted by molar-refractivity contribution is 5.98. The minimum Gasteiger partial charge on any atom is -0.352 e. The molecule has 6 nitrogen and oxygen atoms in total. The van der Waals surface area contributed by atoms with Gasteiger partial charge in [-0.3, -0.25) is 14.4 Å². The smallest absolute Gasteiger partial charge is 0.253 e. The number of hydrogen-bond acceptors (Lipinski definition) is 3. The molecule has 0 aliphatic carbocycles. The van der Waals surface area contributed by atoms with Crippen molar-refractivity contribution < 1.29 is 14.4 Å². The third kappa shape index (κ3) is 5.96. The molecule has 0 aromatic heterocycles. The summed E-state index contributed by atoms with van der Waals surface area (Å²) < 4.78 is 0. The number of piperidine rings is 1. The lowest BCUT2D eigenvalue weighted by molar-refractivity contribution is -0.125. The van der Waals surface area contributed by atoms with Gasteiger partial charge in [0.1, 0.15) is 6.04 Å². The number of hydrogen-bond donors (Lipinski definition) is 2. The van der Waals surface area contributed by atoms with E-state index in [9.17, 15) is 14.4 Å². The molecule has 0 radical (unpaired) electrons. The first-order valence-electron chi connectivity index (χ1n) is 11.4. The Morgan fingerprint density at radius 1 is 0.969 bits per heavy atom. The quantitative estimate of drug-likeness (QED) is 0.698. The summed E-state index contributed by atoms with van der Waals surface area (Å²) in [6.07, 6.45) is 2.13. The van der Waals surface area contributed by atoms with Gasteiger partial charge in [0.15, 0.2) is 0 Å². The minimum atomic E-state index is -0.633. The van der Waals surface area contributed by atoms with Crippen molar-refractivity contribution >= 4 is 17.7 Å². The maximum atomic E-state index is 13.1. The van der Waals surface area contributed by atoms with E-state index in [1.165, 1.54) is 0 Å². The molecule has 1 saturated heterocycles. The van der Waals surface area contributed by atoms with Gasteiger partial charge < -0.3 is 15.5 Å². The summed E-state index contributed by atoms with van der Waals surface area (Å²) in [6.45, 7) is 7.03. The maximum absolute atomic E-state index is 13.1. The Bertz CT molecular complexity index is 936. The van der Waals surface area contributed by atoms with Crippen LogP contribution < -0.4 is 10.6 Å². The molecule has 0 saturated carbocycles. The molecule has 0 spiro atoms. The summed E-state index contributed by atoms with van der Waals surface area (Å²) in [5.74, 6) is -0.435. The molecular weight excluding hydrogens is 402 g/mol. The fourth-order valence-corrected chi connectivity index (χ4v) is 4.04. The predicted molar refractivity (Wildman–Crippen MR) is 125 cm³/mol. The number of nitrogens with one attached hydrogen (secondary N) is 2. The zero-order valence-corrected chi connectivity index (χ0v) is 19.1. The molecule has 3 rings (SSSR count). The number of aryl methyl sites for hydroxylation is 1. The topological polar surface area (TPSA) is 78.5 Å². The number of amides is 3. The van der Waals surface area contributed by atoms with Crippen molar-refractivity contribution in [1.29, 1.82) is 0 Å². The highest BCUT2D eigenvalue weighted by atomic mass is 16.2. The summed E-state index contributed by atoms with van der Waals surface area (Å²) in [6, 6.07) is 16.0. The molecule has 3 amide bonds. The van der Waals surface area contributed by atoms with Gasteiger partial charge in [-0.25, -0.2) is 0 Å². The van der Waals surface area contributed by atoms with Crippen LogP contribution >= 0.6 is 0 Å². The van der Waals surface area contributed by atoms with Crippen LogP contribution in [0.2, 0.25) is 0 Å². The Balaban J connectivity index is 1.70. The highest BCUT2D eigenvalue weighted by Crippen LogP contribution is 2.23. The van der Waals surface area contributed by atoms with E-state index < -0.39 is 6.04 Å². The van der Waals surface area contributed by atoms with Crippen LogP contribution in [-0.2, 0) is 4.79 Å². The molecule has 1 heterocycles. The fourth-order valence-electron chi connectivity index (χ4n) is 4.04. The number of carbonyl (C=O) groups is 3. The molecule has 0 bridgehead atoms. The van der Waals surface area contributed by atoms with Gasteiger partial charge in [0.2, 0.25) is 5.91 Å². The van der Waals surface area contributed by atoms with E-state index >= 15 is 0 Å². The molecule has 32 heavy (non-hydrogen) atoms. The van der Waals surface area contributed by atoms with Gasteiger partial charge in [0.25, 0.3) is 11.8 Å². The second-order valence-corrected chi connectivity index (χ2v) is 8.63. The van der Waals surface area contributed by atoms with Gasteiger partial charge in [-0.1, -0.05) is 42.8 Å². The van der Waals surface area contributed by atoms with Crippen molar-refractivity contribution in [2.75, 3.05) is 13.1 Å². The Kier molecular flexibility index (Phi) is 8.03. The van der Waals surface area contributed by atoms with Crippen LogP contribution in [0.15, 0.2) is 54.6 Å². The lowest BCUT2D eigenvalue weighted by Crippen LogP contribution is -2.55. The van der Waals surface area contributed by atoms with Gasteiger partial charge in [0, 0.05) is 30.3 Å². The molecule has 6 heteroatoms. The second-order valence-electron chi connectivity index (χ2n) is 8.63. The summed E-state index contributed by atoms with van der Waals surface area (Å²) in [5, 5.41) is 6.00. The number of nitrogens with zero attached hydrogens (tertiary/aromatic N) is 1. The van der Waals surface area contributed by atoms with E-state index in [0.717, 1.165) is 12.0 Å². The Hall–Kier alpha value is -3.15. The third-order valence-electron chi connectivity index (χ3n) is 6.17. The zero-order valence-electron chi connectivity index (χ0n) is 19.1. The molecule has 1 aliphatic heterocycles. The monoisotopic (exact) mass is 435 g/mol. The van der Waals surface area contributed by atoms with E-state index in [2.05, 4.69) is 10.6 Å². The SMILES string of the molecule is CC[C@@H](C)NC(=O)[C@@H](NC(=O)c1cccc(C)c1)C1CCN(C(=O)c2ccccc2)CC1. The Morgan fingerprint density at radius 3 is 2.25 bits per heavy atom. The normalized spacial score (nSPS) is 16.2. The zero-order chi connectivity index (χ0) is 23.1. The number of rotatable bonds is 7. The molecule has 1 fully saturated rings. The van der Waals surface area contributed by atoms with E-state index in [1.807, 2.05) is 74.2 Å². The summed E-state index contributed by atoms with van der Waals surface area (Å²) in [7, 11) is 0. The van der Waals surface area contributed by atoms with Crippen LogP contribution in [0, 0.1) is 12.8 Å². The lowest BCUT2D eigenvalue weighted by atomic mass is 9.88.